The molecule has 102 valence electrons. The van der Waals surface area contributed by atoms with Crippen molar-refractivity contribution in [3.8, 4) is 5.75 Å². The minimum Gasteiger partial charge on any atom is -0.491 e. The molecule has 1 aromatic carbocycles. The maximum Gasteiger partial charge on any atom is 0.319 e. The molecule has 1 atom stereocenters. The van der Waals surface area contributed by atoms with Crippen molar-refractivity contribution in [1.82, 2.24) is 10.3 Å². The largest absolute Gasteiger partial charge is 0.491 e. The van der Waals surface area contributed by atoms with Crippen LogP contribution in [0.15, 0.2) is 42.7 Å². The molecule has 1 aliphatic rings. The number of amides is 2. The van der Waals surface area contributed by atoms with Gasteiger partial charge in [-0.2, -0.15) is 0 Å². The fraction of sp³-hybridized carbons (Fsp3) is 0.200. The van der Waals surface area contributed by atoms with E-state index in [2.05, 4.69) is 15.6 Å². The molecule has 2 heterocycles. The van der Waals surface area contributed by atoms with Crippen molar-refractivity contribution >= 4 is 11.7 Å². The van der Waals surface area contributed by atoms with Gasteiger partial charge in [0, 0.05) is 23.6 Å². The summed E-state index contributed by atoms with van der Waals surface area (Å²) in [6.45, 7) is 2.36. The third-order valence-electron chi connectivity index (χ3n) is 3.27. The smallest absolute Gasteiger partial charge is 0.319 e. The lowest BCUT2D eigenvalue weighted by atomic mass is 10.1. The molecule has 5 heteroatoms. The molecule has 0 fully saturated rings. The van der Waals surface area contributed by atoms with Crippen molar-refractivity contribution < 1.29 is 9.53 Å². The molecule has 2 amide bonds. The highest BCUT2D eigenvalue weighted by molar-refractivity contribution is 5.90. The van der Waals surface area contributed by atoms with E-state index in [1.807, 2.05) is 31.2 Å². The monoisotopic (exact) mass is 269 g/mol. The van der Waals surface area contributed by atoms with Crippen LogP contribution in [0.2, 0.25) is 0 Å². The zero-order chi connectivity index (χ0) is 13.9. The van der Waals surface area contributed by atoms with E-state index < -0.39 is 0 Å². The molecule has 0 saturated carbocycles. The molecule has 2 N–H and O–H groups in total. The first-order chi connectivity index (χ1) is 9.74. The predicted molar refractivity (Wildman–Crippen MR) is 75.8 cm³/mol. The molecular formula is C15H15N3O2. The first kappa shape index (κ1) is 12.5. The van der Waals surface area contributed by atoms with Gasteiger partial charge in [0.1, 0.15) is 12.4 Å². The first-order valence-electron chi connectivity index (χ1n) is 6.44. The fourth-order valence-electron chi connectivity index (χ4n) is 2.21. The molecule has 3 rings (SSSR count). The number of nitrogens with zero attached hydrogens (tertiary/aromatic N) is 1. The Morgan fingerprint density at radius 1 is 1.35 bits per heavy atom. The molecule has 0 unspecified atom stereocenters. The zero-order valence-corrected chi connectivity index (χ0v) is 11.1. The Labute approximate surface area is 117 Å². The van der Waals surface area contributed by atoms with Crippen LogP contribution in [-0.4, -0.2) is 17.6 Å². The summed E-state index contributed by atoms with van der Waals surface area (Å²) in [5.41, 5.74) is 2.68. The van der Waals surface area contributed by atoms with Crippen LogP contribution in [-0.2, 0) is 0 Å². The summed E-state index contributed by atoms with van der Waals surface area (Å²) in [6, 6.07) is 9.13. The molecule has 5 nitrogen and oxygen atoms in total. The van der Waals surface area contributed by atoms with Gasteiger partial charge in [-0.25, -0.2) is 4.79 Å². The number of urea groups is 1. The van der Waals surface area contributed by atoms with Gasteiger partial charge in [0.05, 0.1) is 6.04 Å². The predicted octanol–water partition coefficient (Wildman–Crippen LogP) is 2.65. The summed E-state index contributed by atoms with van der Waals surface area (Å²) in [5.74, 6) is 0.831. The van der Waals surface area contributed by atoms with Crippen LogP contribution < -0.4 is 15.4 Å². The van der Waals surface area contributed by atoms with Gasteiger partial charge in [0.15, 0.2) is 0 Å². The van der Waals surface area contributed by atoms with Gasteiger partial charge in [0.2, 0.25) is 0 Å². The highest BCUT2D eigenvalue weighted by Gasteiger charge is 2.25. The minimum absolute atomic E-state index is 0.117. The van der Waals surface area contributed by atoms with Gasteiger partial charge in [0.25, 0.3) is 0 Å². The number of aryl methyl sites for hydroxylation is 1. The van der Waals surface area contributed by atoms with E-state index in [9.17, 15) is 4.79 Å². The number of anilines is 1. The maximum absolute atomic E-state index is 12.0. The van der Waals surface area contributed by atoms with Crippen LogP contribution >= 0.6 is 0 Å². The number of carbonyl (C=O) groups excluding carboxylic acids is 1. The number of nitrogens with one attached hydrogen (secondary N) is 2. The van der Waals surface area contributed by atoms with E-state index >= 15 is 0 Å². The highest BCUT2D eigenvalue weighted by Crippen LogP contribution is 2.31. The van der Waals surface area contributed by atoms with E-state index in [0.29, 0.717) is 6.61 Å². The summed E-state index contributed by atoms with van der Waals surface area (Å²) < 4.78 is 5.53. The van der Waals surface area contributed by atoms with Gasteiger partial charge in [-0.3, -0.25) is 4.98 Å². The highest BCUT2D eigenvalue weighted by atomic mass is 16.5. The Bertz CT molecular complexity index is 643. The van der Waals surface area contributed by atoms with Crippen molar-refractivity contribution in [2.24, 2.45) is 0 Å². The van der Waals surface area contributed by atoms with E-state index in [1.165, 1.54) is 0 Å². The fourth-order valence-corrected chi connectivity index (χ4v) is 2.21. The van der Waals surface area contributed by atoms with Crippen LogP contribution in [0.1, 0.15) is 17.2 Å². The molecule has 1 aromatic heterocycles. The lowest BCUT2D eigenvalue weighted by Gasteiger charge is -2.13. The number of benzene rings is 1. The Morgan fingerprint density at radius 2 is 2.20 bits per heavy atom. The Morgan fingerprint density at radius 3 is 3.05 bits per heavy atom. The molecule has 0 bridgehead atoms. The van der Waals surface area contributed by atoms with Gasteiger partial charge >= 0.3 is 6.03 Å². The average molecular weight is 269 g/mol. The van der Waals surface area contributed by atoms with Gasteiger partial charge in [-0.05, 0) is 24.6 Å². The second kappa shape index (κ2) is 5.21. The second-order valence-electron chi connectivity index (χ2n) is 4.69. The van der Waals surface area contributed by atoms with Crippen LogP contribution in [0.3, 0.4) is 0 Å². The maximum atomic E-state index is 12.0. The number of aromatic nitrogens is 1. The van der Waals surface area contributed by atoms with Gasteiger partial charge in [-0.1, -0.05) is 18.2 Å². The summed E-state index contributed by atoms with van der Waals surface area (Å²) in [4.78, 5) is 16.0. The van der Waals surface area contributed by atoms with E-state index in [4.69, 9.17) is 4.74 Å². The Kier molecular flexibility index (Phi) is 3.25. The number of pyridine rings is 1. The number of hydrogen-bond donors (Lipinski definition) is 2. The molecular weight excluding hydrogens is 254 g/mol. The van der Waals surface area contributed by atoms with E-state index in [0.717, 1.165) is 22.6 Å². The van der Waals surface area contributed by atoms with Gasteiger partial charge in [-0.15, -0.1) is 0 Å². The second-order valence-corrected chi connectivity index (χ2v) is 4.69. The topological polar surface area (TPSA) is 63.2 Å². The van der Waals surface area contributed by atoms with Crippen LogP contribution in [0.4, 0.5) is 10.5 Å². The Balaban J connectivity index is 1.68. The lowest BCUT2D eigenvalue weighted by molar-refractivity contribution is 0.243. The number of carbonyl (C=O) groups is 1. The van der Waals surface area contributed by atoms with Crippen LogP contribution in [0.5, 0.6) is 5.75 Å². The van der Waals surface area contributed by atoms with Crippen molar-refractivity contribution in [2.45, 2.75) is 13.0 Å². The number of rotatable bonds is 2. The average Bonchev–Trinajstić information content (AvgIpc) is 2.85. The number of fused-ring (bicyclic) bond motifs is 1. The SMILES string of the molecule is Cc1cnccc1NC(=O)N[C@@H]1COc2ccccc21. The number of ether oxygens (including phenoxy) is 1. The summed E-state index contributed by atoms with van der Waals surface area (Å²) >= 11 is 0. The normalized spacial score (nSPS) is 16.1. The molecule has 0 aliphatic carbocycles. The summed E-state index contributed by atoms with van der Waals surface area (Å²) in [5, 5.41) is 5.74. The van der Waals surface area contributed by atoms with Gasteiger partial charge < -0.3 is 15.4 Å². The van der Waals surface area contributed by atoms with Crippen molar-refractivity contribution in [2.75, 3.05) is 11.9 Å². The molecule has 2 aromatic rings. The Hall–Kier alpha value is -2.56. The van der Waals surface area contributed by atoms with Crippen molar-refractivity contribution in [3.63, 3.8) is 0 Å². The number of para-hydroxylation sites is 1. The zero-order valence-electron chi connectivity index (χ0n) is 11.1. The van der Waals surface area contributed by atoms with E-state index in [-0.39, 0.29) is 12.1 Å². The molecule has 0 saturated heterocycles. The van der Waals surface area contributed by atoms with Crippen LogP contribution in [0.25, 0.3) is 0 Å². The minimum atomic E-state index is -0.246. The van der Waals surface area contributed by atoms with Crippen molar-refractivity contribution in [3.05, 3.63) is 53.9 Å². The molecule has 0 spiro atoms. The third kappa shape index (κ3) is 2.42. The van der Waals surface area contributed by atoms with E-state index in [1.54, 1.807) is 18.5 Å². The van der Waals surface area contributed by atoms with Crippen molar-refractivity contribution in [1.29, 1.82) is 0 Å². The standard InChI is InChI=1S/C15H15N3O2/c1-10-8-16-7-6-12(10)17-15(19)18-13-9-20-14-5-3-2-4-11(13)14/h2-8,13H,9H2,1H3,(H2,16,17,18,19)/t13-/m1/s1. The number of hydrogen-bond acceptors (Lipinski definition) is 3. The van der Waals surface area contributed by atoms with Crippen LogP contribution in [0, 0.1) is 6.92 Å². The molecule has 20 heavy (non-hydrogen) atoms. The third-order valence-corrected chi connectivity index (χ3v) is 3.27. The molecule has 1 aliphatic heterocycles. The molecule has 0 radical (unpaired) electrons. The first-order valence-corrected chi connectivity index (χ1v) is 6.44. The lowest BCUT2D eigenvalue weighted by Crippen LogP contribution is -2.33. The quantitative estimate of drug-likeness (QED) is 0.881. The summed E-state index contributed by atoms with van der Waals surface area (Å²) in [7, 11) is 0. The summed E-state index contributed by atoms with van der Waals surface area (Å²) in [6.07, 6.45) is 3.36.